The van der Waals surface area contributed by atoms with E-state index in [1.807, 2.05) is 13.0 Å². The van der Waals surface area contributed by atoms with E-state index in [-0.39, 0.29) is 0 Å². The van der Waals surface area contributed by atoms with Gasteiger partial charge < -0.3 is 0 Å². The van der Waals surface area contributed by atoms with E-state index in [4.69, 9.17) is 0 Å². The molecule has 2 rings (SSSR count). The molecule has 0 saturated heterocycles. The van der Waals surface area contributed by atoms with Crippen molar-refractivity contribution in [3.8, 4) is 5.82 Å². The molecule has 0 bridgehead atoms. The third kappa shape index (κ3) is 1.14. The molecule has 0 atom stereocenters. The van der Waals surface area contributed by atoms with E-state index in [0.717, 1.165) is 5.69 Å². The summed E-state index contributed by atoms with van der Waals surface area (Å²) < 4.78 is 1.45. The number of rotatable bonds is 1. The van der Waals surface area contributed by atoms with Crippen LogP contribution in [0.3, 0.4) is 0 Å². The second-order valence-corrected chi connectivity index (χ2v) is 2.29. The van der Waals surface area contributed by atoms with Gasteiger partial charge in [-0.25, -0.2) is 0 Å². The van der Waals surface area contributed by atoms with Gasteiger partial charge in [0.25, 0.3) is 0 Å². The molecule has 0 aliphatic carbocycles. The molecule has 0 N–H and O–H groups in total. The Morgan fingerprint density at radius 2 is 2.17 bits per heavy atom. The summed E-state index contributed by atoms with van der Waals surface area (Å²) in [5, 5.41) is 18.4. The fourth-order valence-corrected chi connectivity index (χ4v) is 0.780. The average Bonchev–Trinajstić information content (AvgIpc) is 2.58. The van der Waals surface area contributed by atoms with E-state index < -0.39 is 0 Å². The lowest BCUT2D eigenvalue weighted by molar-refractivity contribution is 0.751. The second kappa shape index (κ2) is 2.65. The van der Waals surface area contributed by atoms with Crippen molar-refractivity contribution < 1.29 is 0 Å². The Hall–Kier alpha value is -1.85. The van der Waals surface area contributed by atoms with Crippen LogP contribution in [-0.4, -0.2) is 30.4 Å². The van der Waals surface area contributed by atoms with Crippen molar-refractivity contribution in [3.05, 3.63) is 24.2 Å². The highest BCUT2D eigenvalue weighted by Gasteiger charge is 1.97. The van der Waals surface area contributed by atoms with Crippen molar-refractivity contribution in [2.75, 3.05) is 0 Å². The molecule has 2 aromatic heterocycles. The molecule has 0 aromatic carbocycles. The molecule has 0 saturated carbocycles. The first-order valence-corrected chi connectivity index (χ1v) is 3.40. The average molecular weight is 162 g/mol. The first kappa shape index (κ1) is 6.84. The van der Waals surface area contributed by atoms with Gasteiger partial charge in [-0.3, -0.25) is 0 Å². The Balaban J connectivity index is 2.43. The van der Waals surface area contributed by atoms with E-state index >= 15 is 0 Å². The standard InChI is InChI=1S/C6H6N6/c1-5-2-3-6(9-8-5)12-4-7-10-11-12/h2-4H,1H3. The van der Waals surface area contributed by atoms with E-state index in [0.29, 0.717) is 5.82 Å². The molecule has 6 nitrogen and oxygen atoms in total. The number of hydrogen-bond donors (Lipinski definition) is 0. The highest BCUT2D eigenvalue weighted by Crippen LogP contribution is 1.98. The monoisotopic (exact) mass is 162 g/mol. The van der Waals surface area contributed by atoms with Crippen LogP contribution in [0, 0.1) is 6.92 Å². The van der Waals surface area contributed by atoms with Gasteiger partial charge in [0, 0.05) is 0 Å². The predicted molar refractivity (Wildman–Crippen MR) is 39.5 cm³/mol. The zero-order chi connectivity index (χ0) is 8.39. The van der Waals surface area contributed by atoms with E-state index in [1.54, 1.807) is 6.07 Å². The summed E-state index contributed by atoms with van der Waals surface area (Å²) in [6, 6.07) is 3.66. The summed E-state index contributed by atoms with van der Waals surface area (Å²) in [6.07, 6.45) is 1.47. The minimum atomic E-state index is 0.616. The summed E-state index contributed by atoms with van der Waals surface area (Å²) in [4.78, 5) is 0. The molecule has 12 heavy (non-hydrogen) atoms. The van der Waals surface area contributed by atoms with Gasteiger partial charge in [0.15, 0.2) is 5.82 Å². The van der Waals surface area contributed by atoms with Gasteiger partial charge in [-0.05, 0) is 29.5 Å². The van der Waals surface area contributed by atoms with Crippen LogP contribution in [0.15, 0.2) is 18.5 Å². The van der Waals surface area contributed by atoms with Crippen LogP contribution in [0.1, 0.15) is 5.69 Å². The zero-order valence-electron chi connectivity index (χ0n) is 6.42. The van der Waals surface area contributed by atoms with Crippen molar-refractivity contribution in [1.29, 1.82) is 0 Å². The molecular formula is C6H6N6. The number of tetrazole rings is 1. The van der Waals surface area contributed by atoms with Crippen molar-refractivity contribution in [3.63, 3.8) is 0 Å². The molecule has 0 spiro atoms. The number of hydrogen-bond acceptors (Lipinski definition) is 5. The first-order chi connectivity index (χ1) is 5.86. The number of nitrogens with zero attached hydrogens (tertiary/aromatic N) is 6. The minimum Gasteiger partial charge on any atom is -0.180 e. The topological polar surface area (TPSA) is 69.4 Å². The van der Waals surface area contributed by atoms with E-state index in [1.165, 1.54) is 11.0 Å². The van der Waals surface area contributed by atoms with Gasteiger partial charge in [-0.15, -0.1) is 10.2 Å². The van der Waals surface area contributed by atoms with Crippen LogP contribution in [0.2, 0.25) is 0 Å². The summed E-state index contributed by atoms with van der Waals surface area (Å²) in [5.74, 6) is 0.616. The number of aromatic nitrogens is 6. The third-order valence-electron chi connectivity index (χ3n) is 1.37. The van der Waals surface area contributed by atoms with Crippen LogP contribution in [-0.2, 0) is 0 Å². The van der Waals surface area contributed by atoms with Crippen LogP contribution in [0.25, 0.3) is 5.82 Å². The lowest BCUT2D eigenvalue weighted by Gasteiger charge is -1.95. The molecule has 0 aliphatic rings. The predicted octanol–water partition coefficient (Wildman–Crippen LogP) is -0.239. The lowest BCUT2D eigenvalue weighted by atomic mass is 10.4. The quantitative estimate of drug-likeness (QED) is 0.578. The van der Waals surface area contributed by atoms with Crippen LogP contribution < -0.4 is 0 Å². The van der Waals surface area contributed by atoms with Crippen molar-refractivity contribution in [2.45, 2.75) is 6.92 Å². The summed E-state index contributed by atoms with van der Waals surface area (Å²) in [5.41, 5.74) is 0.867. The van der Waals surface area contributed by atoms with Crippen LogP contribution >= 0.6 is 0 Å². The third-order valence-corrected chi connectivity index (χ3v) is 1.37. The van der Waals surface area contributed by atoms with Crippen LogP contribution in [0.4, 0.5) is 0 Å². The van der Waals surface area contributed by atoms with E-state index in [2.05, 4.69) is 25.7 Å². The maximum Gasteiger partial charge on any atom is 0.179 e. The fourth-order valence-electron chi connectivity index (χ4n) is 0.780. The molecule has 0 radical (unpaired) electrons. The Morgan fingerprint density at radius 1 is 1.25 bits per heavy atom. The highest BCUT2D eigenvalue weighted by atomic mass is 15.5. The molecule has 0 amide bonds. The molecule has 0 aliphatic heterocycles. The normalized spacial score (nSPS) is 10.1. The van der Waals surface area contributed by atoms with Crippen LogP contribution in [0.5, 0.6) is 0 Å². The Bertz CT molecular complexity index is 350. The fraction of sp³-hybridized carbons (Fsp3) is 0.167. The molecule has 60 valence electrons. The molecular weight excluding hydrogens is 156 g/mol. The molecule has 0 unspecified atom stereocenters. The summed E-state index contributed by atoms with van der Waals surface area (Å²) >= 11 is 0. The lowest BCUT2D eigenvalue weighted by Crippen LogP contribution is -2.00. The first-order valence-electron chi connectivity index (χ1n) is 3.40. The van der Waals surface area contributed by atoms with Crippen molar-refractivity contribution >= 4 is 0 Å². The molecule has 6 heteroatoms. The maximum atomic E-state index is 3.89. The molecule has 2 heterocycles. The van der Waals surface area contributed by atoms with Crippen molar-refractivity contribution in [2.24, 2.45) is 0 Å². The van der Waals surface area contributed by atoms with Gasteiger partial charge in [-0.1, -0.05) is 0 Å². The highest BCUT2D eigenvalue weighted by molar-refractivity contribution is 5.17. The van der Waals surface area contributed by atoms with Crippen molar-refractivity contribution in [1.82, 2.24) is 30.4 Å². The van der Waals surface area contributed by atoms with Gasteiger partial charge in [-0.2, -0.15) is 9.78 Å². The minimum absolute atomic E-state index is 0.616. The smallest absolute Gasteiger partial charge is 0.179 e. The Kier molecular flexibility index (Phi) is 1.51. The Labute approximate surface area is 68.2 Å². The summed E-state index contributed by atoms with van der Waals surface area (Å²) in [6.45, 7) is 1.87. The largest absolute Gasteiger partial charge is 0.180 e. The Morgan fingerprint density at radius 3 is 2.75 bits per heavy atom. The molecule has 2 aromatic rings. The van der Waals surface area contributed by atoms with Gasteiger partial charge >= 0.3 is 0 Å². The van der Waals surface area contributed by atoms with Gasteiger partial charge in [0.1, 0.15) is 6.33 Å². The second-order valence-electron chi connectivity index (χ2n) is 2.29. The van der Waals surface area contributed by atoms with Gasteiger partial charge in [0.05, 0.1) is 5.69 Å². The molecule has 0 fully saturated rings. The van der Waals surface area contributed by atoms with Gasteiger partial charge in [0.2, 0.25) is 0 Å². The maximum absolute atomic E-state index is 3.89. The summed E-state index contributed by atoms with van der Waals surface area (Å²) in [7, 11) is 0. The zero-order valence-corrected chi connectivity index (χ0v) is 6.42. The SMILES string of the molecule is Cc1ccc(-n2cnnn2)nn1. The number of aryl methyl sites for hydroxylation is 1. The van der Waals surface area contributed by atoms with E-state index in [9.17, 15) is 0 Å².